The average Bonchev–Trinajstić information content (AvgIpc) is 3.68. The lowest BCUT2D eigenvalue weighted by molar-refractivity contribution is 1.07. The molecule has 0 saturated heterocycles. The van der Waals surface area contributed by atoms with Crippen LogP contribution in [0.15, 0.2) is 231 Å². The third kappa shape index (κ3) is 6.96. The van der Waals surface area contributed by atoms with E-state index in [1.807, 2.05) is 60.7 Å². The van der Waals surface area contributed by atoms with Gasteiger partial charge in [-0.1, -0.05) is 188 Å². The molecular formula is C57H38N4. The quantitative estimate of drug-likeness (QED) is 0.154. The molecule has 2 aromatic heterocycles. The van der Waals surface area contributed by atoms with Crippen LogP contribution in [0.25, 0.3) is 106 Å². The third-order valence-corrected chi connectivity index (χ3v) is 11.5. The summed E-state index contributed by atoms with van der Waals surface area (Å²) in [7, 11) is 0. The van der Waals surface area contributed by atoms with Gasteiger partial charge >= 0.3 is 0 Å². The van der Waals surface area contributed by atoms with E-state index < -0.39 is 0 Å². The van der Waals surface area contributed by atoms with Crippen LogP contribution >= 0.6 is 0 Å². The Morgan fingerprint density at radius 1 is 0.230 bits per heavy atom. The fourth-order valence-corrected chi connectivity index (χ4v) is 8.37. The van der Waals surface area contributed by atoms with Gasteiger partial charge in [0, 0.05) is 33.2 Å². The first-order valence-electron chi connectivity index (χ1n) is 20.6. The molecule has 2 heterocycles. The van der Waals surface area contributed by atoms with Crippen LogP contribution in [-0.2, 0) is 0 Å². The highest BCUT2D eigenvalue weighted by atomic mass is 15.0. The van der Waals surface area contributed by atoms with E-state index in [0.717, 1.165) is 33.5 Å². The molecule has 0 aliphatic carbocycles. The molecule has 0 aliphatic rings. The van der Waals surface area contributed by atoms with Gasteiger partial charge in [0.25, 0.3) is 0 Å². The van der Waals surface area contributed by atoms with E-state index in [-0.39, 0.29) is 0 Å². The van der Waals surface area contributed by atoms with Crippen molar-refractivity contribution in [1.82, 2.24) is 19.5 Å². The highest BCUT2D eigenvalue weighted by Gasteiger charge is 2.16. The molecule has 0 saturated carbocycles. The number of rotatable bonds is 8. The molecule has 0 aliphatic heterocycles. The average molecular weight is 779 g/mol. The molecule has 0 N–H and O–H groups in total. The lowest BCUT2D eigenvalue weighted by Crippen LogP contribution is -2.00. The maximum atomic E-state index is 4.93. The number of aromatic nitrogens is 4. The summed E-state index contributed by atoms with van der Waals surface area (Å²) in [6.45, 7) is 0. The lowest BCUT2D eigenvalue weighted by Gasteiger charge is -2.13. The van der Waals surface area contributed by atoms with Crippen LogP contribution in [0.5, 0.6) is 0 Å². The monoisotopic (exact) mass is 778 g/mol. The summed E-state index contributed by atoms with van der Waals surface area (Å²) in [4.78, 5) is 14.7. The zero-order valence-corrected chi connectivity index (χ0v) is 33.2. The molecule has 9 aromatic carbocycles. The molecular weight excluding hydrogens is 741 g/mol. The van der Waals surface area contributed by atoms with Crippen molar-refractivity contribution < 1.29 is 0 Å². The molecule has 0 bridgehead atoms. The van der Waals surface area contributed by atoms with Gasteiger partial charge in [0.05, 0.1) is 11.0 Å². The largest absolute Gasteiger partial charge is 0.309 e. The van der Waals surface area contributed by atoms with Gasteiger partial charge in [-0.15, -0.1) is 0 Å². The Balaban J connectivity index is 0.958. The number of fused-ring (bicyclic) bond motifs is 3. The summed E-state index contributed by atoms with van der Waals surface area (Å²) < 4.78 is 2.40. The zero-order valence-electron chi connectivity index (χ0n) is 33.2. The van der Waals surface area contributed by atoms with Gasteiger partial charge in [-0.2, -0.15) is 0 Å². The minimum Gasteiger partial charge on any atom is -0.309 e. The second-order valence-corrected chi connectivity index (χ2v) is 15.3. The summed E-state index contributed by atoms with van der Waals surface area (Å²) in [6, 6.07) is 81.4. The lowest BCUT2D eigenvalue weighted by atomic mass is 9.93. The first-order valence-corrected chi connectivity index (χ1v) is 20.6. The molecule has 0 unspecified atom stereocenters. The predicted octanol–water partition coefficient (Wildman–Crippen LogP) is 14.6. The Bertz CT molecular complexity index is 3190. The van der Waals surface area contributed by atoms with Crippen molar-refractivity contribution in [2.75, 3.05) is 0 Å². The molecule has 0 spiro atoms. The number of para-hydroxylation sites is 1. The van der Waals surface area contributed by atoms with Gasteiger partial charge in [0.15, 0.2) is 17.5 Å². The second kappa shape index (κ2) is 15.5. The molecule has 0 amide bonds. The Morgan fingerprint density at radius 3 is 1.08 bits per heavy atom. The Morgan fingerprint density at radius 2 is 0.574 bits per heavy atom. The topological polar surface area (TPSA) is 43.6 Å². The van der Waals surface area contributed by atoms with E-state index in [1.165, 1.54) is 55.2 Å². The van der Waals surface area contributed by atoms with Gasteiger partial charge in [0.1, 0.15) is 0 Å². The standard InChI is InChI=1S/C57H38N4/c1-5-15-39(16-6-1)47-35-48(40-17-7-2-8-18-40)37-49(36-47)46-31-34-52-51-23-13-14-24-53(51)61(54(52)38-46)50-32-29-42(30-33-50)41-25-27-45(28-26-41)57-59-55(43-19-9-3-10-20-43)58-56(60-57)44-21-11-4-12-22-44/h1-38H. The zero-order chi connectivity index (χ0) is 40.5. The molecule has 11 rings (SSSR count). The van der Waals surface area contributed by atoms with Crippen LogP contribution in [0.1, 0.15) is 0 Å². The van der Waals surface area contributed by atoms with Gasteiger partial charge in [-0.05, 0) is 87.0 Å². The van der Waals surface area contributed by atoms with Crippen molar-refractivity contribution in [3.05, 3.63) is 231 Å². The van der Waals surface area contributed by atoms with E-state index >= 15 is 0 Å². The highest BCUT2D eigenvalue weighted by molar-refractivity contribution is 6.10. The normalized spacial score (nSPS) is 11.3. The maximum Gasteiger partial charge on any atom is 0.164 e. The summed E-state index contributed by atoms with van der Waals surface area (Å²) in [5.41, 5.74) is 15.7. The minimum absolute atomic E-state index is 0.642. The van der Waals surface area contributed by atoms with E-state index in [2.05, 4.69) is 174 Å². The molecule has 0 atom stereocenters. The van der Waals surface area contributed by atoms with E-state index in [9.17, 15) is 0 Å². The molecule has 4 heteroatoms. The van der Waals surface area contributed by atoms with Crippen LogP contribution in [0.4, 0.5) is 0 Å². The fraction of sp³-hybridized carbons (Fsp3) is 0. The molecule has 4 nitrogen and oxygen atoms in total. The molecule has 286 valence electrons. The SMILES string of the molecule is c1ccc(-c2cc(-c3ccccc3)cc(-c3ccc4c5ccccc5n(-c5ccc(-c6ccc(-c7nc(-c8ccccc8)nc(-c8ccccc8)n7)cc6)cc5)c4c3)c2)cc1. The summed E-state index contributed by atoms with van der Waals surface area (Å²) >= 11 is 0. The van der Waals surface area contributed by atoms with E-state index in [0.29, 0.717) is 17.5 Å². The van der Waals surface area contributed by atoms with Crippen LogP contribution in [-0.4, -0.2) is 19.5 Å². The summed E-state index contributed by atoms with van der Waals surface area (Å²) in [5.74, 6) is 1.95. The van der Waals surface area contributed by atoms with Gasteiger partial charge < -0.3 is 4.57 Å². The van der Waals surface area contributed by atoms with Crippen LogP contribution in [0, 0.1) is 0 Å². The Labute approximate surface area is 354 Å². The predicted molar refractivity (Wildman–Crippen MR) is 252 cm³/mol. The molecule has 61 heavy (non-hydrogen) atoms. The molecule has 0 radical (unpaired) electrons. The number of hydrogen-bond acceptors (Lipinski definition) is 3. The number of nitrogens with zero attached hydrogens (tertiary/aromatic N) is 4. The third-order valence-electron chi connectivity index (χ3n) is 11.5. The smallest absolute Gasteiger partial charge is 0.164 e. The fourth-order valence-electron chi connectivity index (χ4n) is 8.37. The van der Waals surface area contributed by atoms with Crippen LogP contribution in [0.2, 0.25) is 0 Å². The van der Waals surface area contributed by atoms with Crippen LogP contribution in [0.3, 0.4) is 0 Å². The van der Waals surface area contributed by atoms with Crippen LogP contribution < -0.4 is 0 Å². The highest BCUT2D eigenvalue weighted by Crippen LogP contribution is 2.38. The summed E-state index contributed by atoms with van der Waals surface area (Å²) in [5, 5.41) is 2.46. The van der Waals surface area contributed by atoms with Crippen molar-refractivity contribution in [1.29, 1.82) is 0 Å². The van der Waals surface area contributed by atoms with Crippen molar-refractivity contribution in [2.45, 2.75) is 0 Å². The Hall–Kier alpha value is -8.21. The first-order chi connectivity index (χ1) is 30.2. The van der Waals surface area contributed by atoms with Crippen molar-refractivity contribution in [3.8, 4) is 84.4 Å². The van der Waals surface area contributed by atoms with Gasteiger partial charge in [0.2, 0.25) is 0 Å². The van der Waals surface area contributed by atoms with Crippen molar-refractivity contribution >= 4 is 21.8 Å². The van der Waals surface area contributed by atoms with Crippen molar-refractivity contribution in [2.24, 2.45) is 0 Å². The van der Waals surface area contributed by atoms with E-state index in [4.69, 9.17) is 15.0 Å². The minimum atomic E-state index is 0.642. The second-order valence-electron chi connectivity index (χ2n) is 15.3. The number of hydrogen-bond donors (Lipinski definition) is 0. The van der Waals surface area contributed by atoms with Gasteiger partial charge in [-0.25, -0.2) is 15.0 Å². The first kappa shape index (κ1) is 35.9. The van der Waals surface area contributed by atoms with Gasteiger partial charge in [-0.3, -0.25) is 0 Å². The molecule has 11 aromatic rings. The van der Waals surface area contributed by atoms with Crippen molar-refractivity contribution in [3.63, 3.8) is 0 Å². The molecule has 0 fully saturated rings. The van der Waals surface area contributed by atoms with E-state index in [1.54, 1.807) is 0 Å². The number of benzene rings is 9. The summed E-state index contributed by atoms with van der Waals surface area (Å²) in [6.07, 6.45) is 0. The Kier molecular flexibility index (Phi) is 9.14. The maximum absolute atomic E-state index is 4.93.